The summed E-state index contributed by atoms with van der Waals surface area (Å²) in [5.41, 5.74) is 1.46. The lowest BCUT2D eigenvalue weighted by Gasteiger charge is -2.19. The summed E-state index contributed by atoms with van der Waals surface area (Å²) in [6, 6.07) is 9.47. The Hall–Kier alpha value is -2.47. The van der Waals surface area contributed by atoms with E-state index in [1.165, 1.54) is 0 Å². The number of nitrogens with one attached hydrogen (secondary N) is 1. The number of likely N-dealkylation sites (N-methyl/N-ethyl adjacent to an activating group) is 1. The Labute approximate surface area is 154 Å². The van der Waals surface area contributed by atoms with Crippen molar-refractivity contribution in [1.29, 1.82) is 0 Å². The van der Waals surface area contributed by atoms with Gasteiger partial charge in [0.1, 0.15) is 0 Å². The van der Waals surface area contributed by atoms with Crippen LogP contribution in [0, 0.1) is 5.92 Å². The third-order valence-corrected chi connectivity index (χ3v) is 5.05. The number of hydrogen-bond donors (Lipinski definition) is 1. The van der Waals surface area contributed by atoms with Crippen molar-refractivity contribution < 1.29 is 9.59 Å². The molecule has 0 spiro atoms. The van der Waals surface area contributed by atoms with Gasteiger partial charge in [-0.05, 0) is 37.7 Å². The minimum absolute atomic E-state index is 0.00436. The van der Waals surface area contributed by atoms with Gasteiger partial charge in [0, 0.05) is 30.2 Å². The molecule has 1 aromatic carbocycles. The molecule has 1 saturated heterocycles. The Balaban J connectivity index is 1.66. The van der Waals surface area contributed by atoms with Crippen LogP contribution in [0.15, 0.2) is 36.5 Å². The summed E-state index contributed by atoms with van der Waals surface area (Å²) in [6.45, 7) is 6.49. The number of amides is 2. The highest BCUT2D eigenvalue weighted by molar-refractivity contribution is 5.98. The lowest BCUT2D eigenvalue weighted by Crippen LogP contribution is -2.44. The summed E-state index contributed by atoms with van der Waals surface area (Å²) < 4.78 is 0. The molecule has 1 N–H and O–H groups in total. The number of rotatable bonds is 5. The first-order chi connectivity index (χ1) is 12.5. The van der Waals surface area contributed by atoms with Gasteiger partial charge in [-0.15, -0.1) is 0 Å². The predicted octanol–water partition coefficient (Wildman–Crippen LogP) is 1.76. The van der Waals surface area contributed by atoms with Crippen LogP contribution < -0.4 is 5.32 Å². The number of carbonyl (C=O) groups excluding carboxylic acids is 2. The zero-order chi connectivity index (χ0) is 18.7. The average molecular weight is 354 g/mol. The summed E-state index contributed by atoms with van der Waals surface area (Å²) >= 11 is 0. The monoisotopic (exact) mass is 354 g/mol. The molecule has 2 atom stereocenters. The standard InChI is InChI=1S/C20H26N4O2/c1-4-23(3)13-19(25)22-18-12-24(11-14(18)2)20(26)16-8-7-15-6-5-9-21-17(15)10-16/h5-10,14,18H,4,11-13H2,1-3H3,(H,22,25)/t14-,18+/m1/s1. The van der Waals surface area contributed by atoms with Crippen LogP contribution in [-0.4, -0.2) is 65.9 Å². The summed E-state index contributed by atoms with van der Waals surface area (Å²) in [7, 11) is 1.92. The molecule has 1 aromatic heterocycles. The van der Waals surface area contributed by atoms with Crippen molar-refractivity contribution in [2.75, 3.05) is 33.2 Å². The van der Waals surface area contributed by atoms with Gasteiger partial charge < -0.3 is 10.2 Å². The van der Waals surface area contributed by atoms with Crippen molar-refractivity contribution in [3.05, 3.63) is 42.1 Å². The van der Waals surface area contributed by atoms with Gasteiger partial charge in [-0.25, -0.2) is 0 Å². The molecule has 2 amide bonds. The fourth-order valence-corrected chi connectivity index (χ4v) is 3.31. The maximum absolute atomic E-state index is 12.9. The minimum atomic E-state index is -0.00757. The Kier molecular flexibility index (Phi) is 5.52. The van der Waals surface area contributed by atoms with Gasteiger partial charge in [-0.1, -0.05) is 26.0 Å². The summed E-state index contributed by atoms with van der Waals surface area (Å²) in [5, 5.41) is 4.09. The highest BCUT2D eigenvalue weighted by Gasteiger charge is 2.33. The zero-order valence-corrected chi connectivity index (χ0v) is 15.6. The molecular formula is C20H26N4O2. The van der Waals surface area contributed by atoms with Crippen LogP contribution in [0.5, 0.6) is 0 Å². The normalized spacial score (nSPS) is 19.9. The van der Waals surface area contributed by atoms with Gasteiger partial charge in [0.25, 0.3) is 5.91 Å². The molecule has 0 unspecified atom stereocenters. The number of aromatic nitrogens is 1. The van der Waals surface area contributed by atoms with Crippen molar-refractivity contribution >= 4 is 22.7 Å². The Morgan fingerprint density at radius 1 is 1.31 bits per heavy atom. The van der Waals surface area contributed by atoms with Crippen molar-refractivity contribution in [3.8, 4) is 0 Å². The van der Waals surface area contributed by atoms with E-state index >= 15 is 0 Å². The first-order valence-corrected chi connectivity index (χ1v) is 9.10. The minimum Gasteiger partial charge on any atom is -0.350 e. The zero-order valence-electron chi connectivity index (χ0n) is 15.6. The smallest absolute Gasteiger partial charge is 0.254 e. The van der Waals surface area contributed by atoms with Crippen molar-refractivity contribution in [3.63, 3.8) is 0 Å². The number of likely N-dealkylation sites (tertiary alicyclic amines) is 1. The first-order valence-electron chi connectivity index (χ1n) is 9.10. The van der Waals surface area contributed by atoms with Crippen LogP contribution in [-0.2, 0) is 4.79 Å². The van der Waals surface area contributed by atoms with Crippen LogP contribution in [0.4, 0.5) is 0 Å². The van der Waals surface area contributed by atoms with Crippen LogP contribution in [0.3, 0.4) is 0 Å². The molecule has 3 rings (SSSR count). The summed E-state index contributed by atoms with van der Waals surface area (Å²) in [4.78, 5) is 33.1. The second-order valence-electron chi connectivity index (χ2n) is 7.10. The number of pyridine rings is 1. The highest BCUT2D eigenvalue weighted by atomic mass is 16.2. The van der Waals surface area contributed by atoms with E-state index in [1.54, 1.807) is 6.20 Å². The third kappa shape index (κ3) is 4.02. The van der Waals surface area contributed by atoms with E-state index < -0.39 is 0 Å². The van der Waals surface area contributed by atoms with E-state index in [9.17, 15) is 9.59 Å². The van der Waals surface area contributed by atoms with E-state index in [0.29, 0.717) is 25.2 Å². The lowest BCUT2D eigenvalue weighted by molar-refractivity contribution is -0.122. The topological polar surface area (TPSA) is 65.5 Å². The van der Waals surface area contributed by atoms with Gasteiger partial charge in [0.05, 0.1) is 18.1 Å². The molecule has 26 heavy (non-hydrogen) atoms. The van der Waals surface area contributed by atoms with Gasteiger partial charge >= 0.3 is 0 Å². The third-order valence-electron chi connectivity index (χ3n) is 5.05. The largest absolute Gasteiger partial charge is 0.350 e. The molecule has 0 bridgehead atoms. The second kappa shape index (κ2) is 7.83. The molecule has 1 aliphatic rings. The van der Waals surface area contributed by atoms with Crippen molar-refractivity contribution in [2.24, 2.45) is 5.92 Å². The molecule has 1 fully saturated rings. The number of carbonyl (C=O) groups is 2. The lowest BCUT2D eigenvalue weighted by atomic mass is 10.1. The van der Waals surface area contributed by atoms with Crippen molar-refractivity contribution in [1.82, 2.24) is 20.1 Å². The van der Waals surface area contributed by atoms with Gasteiger partial charge in [0.2, 0.25) is 5.91 Å². The number of fused-ring (bicyclic) bond motifs is 1. The predicted molar refractivity (Wildman–Crippen MR) is 102 cm³/mol. The number of nitrogens with zero attached hydrogens (tertiary/aromatic N) is 3. The van der Waals surface area contributed by atoms with Gasteiger partial charge in [-0.3, -0.25) is 19.5 Å². The Bertz CT molecular complexity index is 807. The first kappa shape index (κ1) is 18.3. The number of hydrogen-bond acceptors (Lipinski definition) is 4. The van der Waals surface area contributed by atoms with Crippen molar-refractivity contribution in [2.45, 2.75) is 19.9 Å². The molecule has 1 aliphatic heterocycles. The van der Waals surface area contributed by atoms with E-state index in [4.69, 9.17) is 0 Å². The molecular weight excluding hydrogens is 328 g/mol. The van der Waals surface area contributed by atoms with Gasteiger partial charge in [-0.2, -0.15) is 0 Å². The maximum atomic E-state index is 12.9. The van der Waals surface area contributed by atoms with E-state index in [0.717, 1.165) is 17.4 Å². The molecule has 6 heteroatoms. The SMILES string of the molecule is CCN(C)CC(=O)N[C@H]1CN(C(=O)c2ccc3cccnc3c2)C[C@H]1C. The van der Waals surface area contributed by atoms with Crippen LogP contribution in [0.1, 0.15) is 24.2 Å². The van der Waals surface area contributed by atoms with Crippen LogP contribution in [0.2, 0.25) is 0 Å². The van der Waals surface area contributed by atoms with E-state index in [-0.39, 0.29) is 23.8 Å². The van der Waals surface area contributed by atoms with Crippen LogP contribution in [0.25, 0.3) is 10.9 Å². The Morgan fingerprint density at radius 3 is 2.88 bits per heavy atom. The molecule has 0 aliphatic carbocycles. The van der Waals surface area contributed by atoms with E-state index in [2.05, 4.69) is 17.2 Å². The quantitative estimate of drug-likeness (QED) is 0.889. The van der Waals surface area contributed by atoms with Gasteiger partial charge in [0.15, 0.2) is 0 Å². The molecule has 2 heterocycles. The molecule has 138 valence electrons. The fourth-order valence-electron chi connectivity index (χ4n) is 3.31. The molecule has 6 nitrogen and oxygen atoms in total. The average Bonchev–Trinajstić information content (AvgIpc) is 3.00. The second-order valence-corrected chi connectivity index (χ2v) is 7.10. The summed E-state index contributed by atoms with van der Waals surface area (Å²) in [6.07, 6.45) is 1.73. The maximum Gasteiger partial charge on any atom is 0.254 e. The molecule has 0 radical (unpaired) electrons. The van der Waals surface area contributed by atoms with Crippen LogP contribution >= 0.6 is 0 Å². The Morgan fingerprint density at radius 2 is 2.12 bits per heavy atom. The number of benzene rings is 1. The summed E-state index contributed by atoms with van der Waals surface area (Å²) in [5.74, 6) is 0.232. The van der Waals surface area contributed by atoms with E-state index in [1.807, 2.05) is 54.1 Å². The molecule has 2 aromatic rings. The fraction of sp³-hybridized carbons (Fsp3) is 0.450. The molecule has 0 saturated carbocycles. The highest BCUT2D eigenvalue weighted by Crippen LogP contribution is 2.21.